The summed E-state index contributed by atoms with van der Waals surface area (Å²) in [5, 5.41) is 22.0. The van der Waals surface area contributed by atoms with E-state index in [1.807, 2.05) is 72.8 Å². The predicted molar refractivity (Wildman–Crippen MR) is 191 cm³/mol. The van der Waals surface area contributed by atoms with Crippen LogP contribution in [0, 0.1) is 21.4 Å². The number of ether oxygens (including phenoxy) is 3. The molecule has 0 amide bonds. The Morgan fingerprint density at radius 2 is 1.37 bits per heavy atom. The lowest BCUT2D eigenvalue weighted by molar-refractivity contribution is -0.386. The summed E-state index contributed by atoms with van der Waals surface area (Å²) in [5.74, 6) is 1.01. The van der Waals surface area contributed by atoms with Crippen LogP contribution in [0.2, 0.25) is 0 Å². The van der Waals surface area contributed by atoms with Crippen molar-refractivity contribution in [2.75, 3.05) is 27.4 Å². The number of methoxy groups -OCH3 is 2. The van der Waals surface area contributed by atoms with E-state index in [0.29, 0.717) is 22.6 Å². The molecule has 0 heterocycles. The molecule has 10 nitrogen and oxygen atoms in total. The van der Waals surface area contributed by atoms with Crippen LogP contribution in [0.15, 0.2) is 97.1 Å². The van der Waals surface area contributed by atoms with Crippen LogP contribution in [0.1, 0.15) is 56.4 Å². The molecule has 0 aromatic heterocycles. The van der Waals surface area contributed by atoms with Gasteiger partial charge in [-0.15, -0.1) is 0 Å². The van der Waals surface area contributed by atoms with Gasteiger partial charge in [0, 0.05) is 35.2 Å². The first-order valence-corrected chi connectivity index (χ1v) is 17.3. The fourth-order valence-electron chi connectivity index (χ4n) is 5.93. The highest BCUT2D eigenvalue weighted by Gasteiger charge is 2.44. The van der Waals surface area contributed by atoms with E-state index in [2.05, 4.69) is 38.4 Å². The Morgan fingerprint density at radius 3 is 1.90 bits per heavy atom. The normalized spacial score (nSPS) is 12.2. The molecule has 0 aliphatic rings. The highest BCUT2D eigenvalue weighted by atomic mass is 31.2. The fraction of sp³-hybridized carbons (Fsp3) is 0.342. The van der Waals surface area contributed by atoms with Crippen molar-refractivity contribution in [3.05, 3.63) is 129 Å². The largest absolute Gasteiger partial charge is 0.493 e. The summed E-state index contributed by atoms with van der Waals surface area (Å²) in [6.45, 7) is 8.62. The smallest absolute Gasteiger partial charge is 0.314 e. The van der Waals surface area contributed by atoms with Crippen LogP contribution in [-0.2, 0) is 21.1 Å². The first kappa shape index (κ1) is 37.3. The molecule has 0 bridgehead atoms. The first-order chi connectivity index (χ1) is 23.7. The Labute approximate surface area is 290 Å². The van der Waals surface area contributed by atoms with E-state index in [1.165, 1.54) is 0 Å². The Kier molecular flexibility index (Phi) is 13.5. The zero-order valence-corrected chi connectivity index (χ0v) is 29.8. The van der Waals surface area contributed by atoms with Crippen LogP contribution in [0.5, 0.6) is 17.2 Å². The molecule has 4 aromatic rings. The minimum Gasteiger partial charge on any atom is -0.493 e. The van der Waals surface area contributed by atoms with Gasteiger partial charge in [0.05, 0.1) is 50.4 Å². The van der Waals surface area contributed by atoms with Crippen LogP contribution >= 0.6 is 8.53 Å². The molecule has 0 N–H and O–H groups in total. The highest BCUT2D eigenvalue weighted by molar-refractivity contribution is 7.44. The molecule has 0 saturated heterocycles. The number of nitrogens with zero attached hydrogens (tertiary/aromatic N) is 3. The van der Waals surface area contributed by atoms with Gasteiger partial charge < -0.3 is 23.3 Å². The maximum atomic E-state index is 12.9. The molecular formula is C38H44N3O7P. The zero-order valence-electron chi connectivity index (χ0n) is 28.9. The van der Waals surface area contributed by atoms with Gasteiger partial charge in [0.2, 0.25) is 0 Å². The fourth-order valence-corrected chi connectivity index (χ4v) is 7.52. The van der Waals surface area contributed by atoms with E-state index in [4.69, 9.17) is 28.5 Å². The molecule has 4 aromatic carbocycles. The molecule has 258 valence electrons. The van der Waals surface area contributed by atoms with Gasteiger partial charge in [0.25, 0.3) is 8.53 Å². The van der Waals surface area contributed by atoms with Gasteiger partial charge in [-0.1, -0.05) is 84.9 Å². The van der Waals surface area contributed by atoms with Crippen molar-refractivity contribution >= 4 is 14.2 Å². The summed E-state index contributed by atoms with van der Waals surface area (Å²) in [6, 6.07) is 32.1. The molecule has 0 spiro atoms. The number of nitro groups is 1. The van der Waals surface area contributed by atoms with E-state index in [-0.39, 0.29) is 49.6 Å². The Morgan fingerprint density at radius 1 is 0.796 bits per heavy atom. The number of benzene rings is 4. The predicted octanol–water partition coefficient (Wildman–Crippen LogP) is 8.82. The number of para-hydroxylation sites is 2. The summed E-state index contributed by atoms with van der Waals surface area (Å²) in [7, 11) is 1.61. The van der Waals surface area contributed by atoms with Gasteiger partial charge in [-0.3, -0.25) is 10.1 Å². The van der Waals surface area contributed by atoms with Crippen molar-refractivity contribution in [1.29, 1.82) is 5.26 Å². The van der Waals surface area contributed by atoms with Crippen LogP contribution in [-0.4, -0.2) is 49.1 Å². The lowest BCUT2D eigenvalue weighted by Crippen LogP contribution is -2.37. The van der Waals surface area contributed by atoms with E-state index >= 15 is 0 Å². The molecular weight excluding hydrogens is 641 g/mol. The van der Waals surface area contributed by atoms with Crippen molar-refractivity contribution in [3.63, 3.8) is 0 Å². The minimum absolute atomic E-state index is 0.0820. The van der Waals surface area contributed by atoms with Crippen LogP contribution in [0.25, 0.3) is 0 Å². The third-order valence-electron chi connectivity index (χ3n) is 7.91. The Balaban J connectivity index is 1.83. The van der Waals surface area contributed by atoms with Crippen molar-refractivity contribution in [2.24, 2.45) is 0 Å². The Hall–Kier alpha value is -4.52. The van der Waals surface area contributed by atoms with Crippen molar-refractivity contribution < 1.29 is 28.2 Å². The second-order valence-corrected chi connectivity index (χ2v) is 13.2. The topological polar surface area (TPSA) is 116 Å². The zero-order chi connectivity index (χ0) is 35.4. The molecule has 0 saturated carbocycles. The number of rotatable bonds is 18. The summed E-state index contributed by atoms with van der Waals surface area (Å²) < 4.78 is 33.1. The first-order valence-electron chi connectivity index (χ1n) is 16.2. The number of hydrogen-bond acceptors (Lipinski definition) is 9. The second kappa shape index (κ2) is 17.8. The third kappa shape index (κ3) is 8.56. The van der Waals surface area contributed by atoms with E-state index < -0.39 is 19.1 Å². The maximum Gasteiger partial charge on any atom is 0.314 e. The molecule has 0 aliphatic heterocycles. The molecule has 0 radical (unpaired) electrons. The number of nitro benzene ring substituents is 1. The van der Waals surface area contributed by atoms with Crippen molar-refractivity contribution in [3.8, 4) is 23.3 Å². The third-order valence-corrected chi connectivity index (χ3v) is 10.0. The summed E-state index contributed by atoms with van der Waals surface area (Å²) >= 11 is 0. The number of nitriles is 1. The molecule has 1 unspecified atom stereocenters. The molecule has 0 fully saturated rings. The van der Waals surface area contributed by atoms with E-state index in [0.717, 1.165) is 11.1 Å². The molecule has 49 heavy (non-hydrogen) atoms. The van der Waals surface area contributed by atoms with Crippen LogP contribution < -0.4 is 14.2 Å². The standard InChI is InChI=1S/C38H44N3O7P/c1-28(2)40(29(3)4)49(46-26-15-25-39)47-27-24-30-16-13-22-34(36(30)41(42)43)48-38(31-17-9-7-10-18-31,32-19-11-8-12-20-32)33-21-14-23-35(44-5)37(33)45-6/h7-14,16-23,28-29H,15,24,26-27H2,1-6H3. The number of hydrogen-bond donors (Lipinski definition) is 0. The lowest BCUT2D eigenvalue weighted by Gasteiger charge is -2.37. The highest BCUT2D eigenvalue weighted by Crippen LogP contribution is 2.50. The summed E-state index contributed by atoms with van der Waals surface area (Å²) in [6.07, 6.45) is 0.462. The van der Waals surface area contributed by atoms with E-state index in [1.54, 1.807) is 38.5 Å². The average Bonchev–Trinajstić information content (AvgIpc) is 3.10. The van der Waals surface area contributed by atoms with Gasteiger partial charge in [0.1, 0.15) is 0 Å². The Bertz CT molecular complexity index is 1650. The maximum absolute atomic E-state index is 12.9. The van der Waals surface area contributed by atoms with Gasteiger partial charge >= 0.3 is 5.69 Å². The molecule has 0 aliphatic carbocycles. The van der Waals surface area contributed by atoms with Gasteiger partial charge in [-0.25, -0.2) is 4.67 Å². The van der Waals surface area contributed by atoms with Gasteiger partial charge in [-0.05, 0) is 39.8 Å². The van der Waals surface area contributed by atoms with Crippen LogP contribution in [0.3, 0.4) is 0 Å². The molecule has 4 rings (SSSR count). The lowest BCUT2D eigenvalue weighted by atomic mass is 9.79. The van der Waals surface area contributed by atoms with Gasteiger partial charge in [-0.2, -0.15) is 5.26 Å². The second-order valence-electron chi connectivity index (χ2n) is 11.7. The summed E-state index contributed by atoms with van der Waals surface area (Å²) in [5.41, 5.74) is 0.973. The molecule has 11 heteroatoms. The minimum atomic E-state index is -1.51. The summed E-state index contributed by atoms with van der Waals surface area (Å²) in [4.78, 5) is 12.5. The van der Waals surface area contributed by atoms with Gasteiger partial charge in [0.15, 0.2) is 22.8 Å². The quantitative estimate of drug-likeness (QED) is 0.0333. The SMILES string of the molecule is COc1cccc(C(Oc2cccc(CCOP(OCCC#N)N(C(C)C)C(C)C)c2[N+](=O)[O-])(c2ccccc2)c2ccccc2)c1OC. The van der Waals surface area contributed by atoms with Crippen molar-refractivity contribution in [1.82, 2.24) is 4.67 Å². The monoisotopic (exact) mass is 685 g/mol. The van der Waals surface area contributed by atoms with E-state index in [9.17, 15) is 10.1 Å². The van der Waals surface area contributed by atoms with Crippen molar-refractivity contribution in [2.45, 2.75) is 58.2 Å². The molecule has 1 atom stereocenters. The average molecular weight is 686 g/mol. The van der Waals surface area contributed by atoms with Crippen LogP contribution in [0.4, 0.5) is 5.69 Å².